The lowest BCUT2D eigenvalue weighted by molar-refractivity contribution is -0.126. The average molecular weight is 311 g/mol. The van der Waals surface area contributed by atoms with E-state index in [1.165, 1.54) is 10.5 Å². The molecule has 1 N–H and O–H groups in total. The summed E-state index contributed by atoms with van der Waals surface area (Å²) in [6.45, 7) is 3.43. The summed E-state index contributed by atoms with van der Waals surface area (Å²) >= 11 is 0. The van der Waals surface area contributed by atoms with Gasteiger partial charge in [-0.1, -0.05) is 6.92 Å². The van der Waals surface area contributed by atoms with E-state index in [-0.39, 0.29) is 16.7 Å². The van der Waals surface area contributed by atoms with Gasteiger partial charge in [0.15, 0.2) is 0 Å². The lowest BCUT2D eigenvalue weighted by atomic mass is 9.97. The first kappa shape index (κ1) is 15.9. The summed E-state index contributed by atoms with van der Waals surface area (Å²) in [6, 6.07) is 3.15. The standard InChI is InChI=1S/C14H21N3O3S/c1-2-7-16-14(18)12-5-9-17(10-6-12)21(19,20)13-4-3-8-15-11-13/h3-4,8,11-12H,2,5-7,9-10H2,1H3,(H,16,18). The van der Waals surface area contributed by atoms with Crippen LogP contribution in [0.4, 0.5) is 0 Å². The maximum Gasteiger partial charge on any atom is 0.244 e. The van der Waals surface area contributed by atoms with E-state index in [1.54, 1.807) is 18.3 Å². The molecule has 1 saturated heterocycles. The van der Waals surface area contributed by atoms with Crippen molar-refractivity contribution in [1.82, 2.24) is 14.6 Å². The minimum absolute atomic E-state index is 0.0373. The van der Waals surface area contributed by atoms with Crippen molar-refractivity contribution in [3.63, 3.8) is 0 Å². The Morgan fingerprint density at radius 2 is 2.14 bits per heavy atom. The molecule has 21 heavy (non-hydrogen) atoms. The maximum atomic E-state index is 12.4. The smallest absolute Gasteiger partial charge is 0.244 e. The second-order valence-electron chi connectivity index (χ2n) is 5.16. The lowest BCUT2D eigenvalue weighted by Crippen LogP contribution is -2.43. The lowest BCUT2D eigenvalue weighted by Gasteiger charge is -2.30. The molecule has 1 aliphatic rings. The van der Waals surface area contributed by atoms with E-state index in [9.17, 15) is 13.2 Å². The van der Waals surface area contributed by atoms with Crippen LogP contribution >= 0.6 is 0 Å². The second-order valence-corrected chi connectivity index (χ2v) is 7.10. The first-order chi connectivity index (χ1) is 10.1. The summed E-state index contributed by atoms with van der Waals surface area (Å²) < 4.78 is 26.3. The van der Waals surface area contributed by atoms with Gasteiger partial charge in [-0.3, -0.25) is 9.78 Å². The van der Waals surface area contributed by atoms with Gasteiger partial charge in [0.05, 0.1) is 0 Å². The van der Waals surface area contributed by atoms with E-state index in [0.29, 0.717) is 32.5 Å². The van der Waals surface area contributed by atoms with Crippen molar-refractivity contribution < 1.29 is 13.2 Å². The van der Waals surface area contributed by atoms with E-state index >= 15 is 0 Å². The van der Waals surface area contributed by atoms with Gasteiger partial charge in [0.2, 0.25) is 15.9 Å². The monoisotopic (exact) mass is 311 g/mol. The molecule has 0 aliphatic carbocycles. The number of amides is 1. The molecule has 0 bridgehead atoms. The molecule has 7 heteroatoms. The number of carbonyl (C=O) groups is 1. The Morgan fingerprint density at radius 3 is 2.71 bits per heavy atom. The van der Waals surface area contributed by atoms with Crippen molar-refractivity contribution in [2.75, 3.05) is 19.6 Å². The van der Waals surface area contributed by atoms with E-state index in [0.717, 1.165) is 6.42 Å². The van der Waals surface area contributed by atoms with Gasteiger partial charge in [0.25, 0.3) is 0 Å². The highest BCUT2D eigenvalue weighted by atomic mass is 32.2. The van der Waals surface area contributed by atoms with Crippen molar-refractivity contribution in [2.45, 2.75) is 31.1 Å². The number of nitrogens with one attached hydrogen (secondary N) is 1. The van der Waals surface area contributed by atoms with Crippen LogP contribution in [0.3, 0.4) is 0 Å². The minimum Gasteiger partial charge on any atom is -0.356 e. The normalized spacial score (nSPS) is 17.6. The maximum absolute atomic E-state index is 12.4. The van der Waals surface area contributed by atoms with Gasteiger partial charge in [-0.25, -0.2) is 8.42 Å². The van der Waals surface area contributed by atoms with E-state index in [4.69, 9.17) is 0 Å². The summed E-state index contributed by atoms with van der Waals surface area (Å²) in [6.07, 6.45) is 4.93. The summed E-state index contributed by atoms with van der Waals surface area (Å²) in [5.41, 5.74) is 0. The molecule has 2 rings (SSSR count). The summed E-state index contributed by atoms with van der Waals surface area (Å²) in [4.78, 5) is 16.0. The third kappa shape index (κ3) is 3.79. The van der Waals surface area contributed by atoms with Crippen molar-refractivity contribution in [2.24, 2.45) is 5.92 Å². The van der Waals surface area contributed by atoms with Crippen molar-refractivity contribution in [3.05, 3.63) is 24.5 Å². The predicted octanol–water partition coefficient (Wildman–Crippen LogP) is 1.01. The number of carbonyl (C=O) groups excluding carboxylic acids is 1. The molecule has 6 nitrogen and oxygen atoms in total. The number of rotatable bonds is 5. The van der Waals surface area contributed by atoms with Gasteiger partial charge in [-0.15, -0.1) is 0 Å². The second kappa shape index (κ2) is 7.00. The van der Waals surface area contributed by atoms with Gasteiger partial charge in [0.1, 0.15) is 4.90 Å². The largest absolute Gasteiger partial charge is 0.356 e. The Balaban J connectivity index is 1.96. The van der Waals surface area contributed by atoms with E-state index in [2.05, 4.69) is 10.3 Å². The molecular weight excluding hydrogens is 290 g/mol. The van der Waals surface area contributed by atoms with Crippen LogP contribution in [0.5, 0.6) is 0 Å². The zero-order valence-electron chi connectivity index (χ0n) is 12.2. The number of aromatic nitrogens is 1. The van der Waals surface area contributed by atoms with Crippen LogP contribution in [0, 0.1) is 5.92 Å². The zero-order chi connectivity index (χ0) is 15.3. The molecule has 1 amide bonds. The number of piperidine rings is 1. The summed E-state index contributed by atoms with van der Waals surface area (Å²) in [7, 11) is -3.49. The van der Waals surface area contributed by atoms with Crippen molar-refractivity contribution >= 4 is 15.9 Å². The van der Waals surface area contributed by atoms with Gasteiger partial charge in [0, 0.05) is 37.9 Å². The Labute approximate surface area is 125 Å². The Kier molecular flexibility index (Phi) is 5.30. The quantitative estimate of drug-likeness (QED) is 0.880. The molecule has 0 radical (unpaired) electrons. The molecule has 1 aliphatic heterocycles. The number of sulfonamides is 1. The first-order valence-electron chi connectivity index (χ1n) is 7.23. The molecule has 0 spiro atoms. The number of hydrogen-bond acceptors (Lipinski definition) is 4. The highest BCUT2D eigenvalue weighted by Crippen LogP contribution is 2.23. The molecule has 1 fully saturated rings. The first-order valence-corrected chi connectivity index (χ1v) is 8.67. The van der Waals surface area contributed by atoms with Crippen LogP contribution in [0.15, 0.2) is 29.4 Å². The van der Waals surface area contributed by atoms with Gasteiger partial charge in [-0.2, -0.15) is 4.31 Å². The Hall–Kier alpha value is -1.47. The van der Waals surface area contributed by atoms with Crippen LogP contribution in [0.1, 0.15) is 26.2 Å². The minimum atomic E-state index is -3.49. The third-order valence-corrected chi connectivity index (χ3v) is 5.53. The molecule has 116 valence electrons. The van der Waals surface area contributed by atoms with E-state index in [1.807, 2.05) is 6.92 Å². The number of nitrogens with zero attached hydrogens (tertiary/aromatic N) is 2. The molecule has 0 unspecified atom stereocenters. The topological polar surface area (TPSA) is 79.4 Å². The molecule has 0 saturated carbocycles. The summed E-state index contributed by atoms with van der Waals surface area (Å²) in [5.74, 6) is -0.0489. The molecule has 2 heterocycles. The number of hydrogen-bond donors (Lipinski definition) is 1. The highest BCUT2D eigenvalue weighted by Gasteiger charge is 2.31. The Morgan fingerprint density at radius 1 is 1.43 bits per heavy atom. The summed E-state index contributed by atoms with van der Waals surface area (Å²) in [5, 5.41) is 2.87. The van der Waals surface area contributed by atoms with Crippen LogP contribution < -0.4 is 5.32 Å². The molecular formula is C14H21N3O3S. The zero-order valence-corrected chi connectivity index (χ0v) is 13.0. The van der Waals surface area contributed by atoms with Crippen LogP contribution in [-0.2, 0) is 14.8 Å². The van der Waals surface area contributed by atoms with Gasteiger partial charge < -0.3 is 5.32 Å². The third-order valence-electron chi connectivity index (χ3n) is 3.65. The van der Waals surface area contributed by atoms with Crippen LogP contribution in [0.2, 0.25) is 0 Å². The SMILES string of the molecule is CCCNC(=O)C1CCN(S(=O)(=O)c2cccnc2)CC1. The average Bonchev–Trinajstić information content (AvgIpc) is 2.53. The van der Waals surface area contributed by atoms with Crippen molar-refractivity contribution in [3.8, 4) is 0 Å². The van der Waals surface area contributed by atoms with Gasteiger partial charge >= 0.3 is 0 Å². The van der Waals surface area contributed by atoms with Crippen LogP contribution in [-0.4, -0.2) is 43.2 Å². The molecule has 0 atom stereocenters. The fourth-order valence-electron chi connectivity index (χ4n) is 2.40. The highest BCUT2D eigenvalue weighted by molar-refractivity contribution is 7.89. The molecule has 1 aromatic rings. The predicted molar refractivity (Wildman–Crippen MR) is 79.0 cm³/mol. The fourth-order valence-corrected chi connectivity index (χ4v) is 3.83. The fraction of sp³-hybridized carbons (Fsp3) is 0.571. The molecule has 0 aromatic carbocycles. The van der Waals surface area contributed by atoms with Gasteiger partial charge in [-0.05, 0) is 31.4 Å². The van der Waals surface area contributed by atoms with Crippen molar-refractivity contribution in [1.29, 1.82) is 0 Å². The van der Waals surface area contributed by atoms with Crippen LogP contribution in [0.25, 0.3) is 0 Å². The number of pyridine rings is 1. The Bertz CT molecular complexity index is 566. The van der Waals surface area contributed by atoms with E-state index < -0.39 is 10.0 Å². The molecule has 1 aromatic heterocycles.